The molecule has 43 heavy (non-hydrogen) atoms. The van der Waals surface area contributed by atoms with E-state index >= 15 is 0 Å². The van der Waals surface area contributed by atoms with E-state index < -0.39 is 66.1 Å². The lowest BCUT2D eigenvalue weighted by molar-refractivity contribution is -0.210. The van der Waals surface area contributed by atoms with Gasteiger partial charge in [-0.15, -0.1) is 11.3 Å². The first-order valence-electron chi connectivity index (χ1n) is 12.6. The second-order valence-electron chi connectivity index (χ2n) is 9.80. The second-order valence-corrected chi connectivity index (χ2v) is 11.1. The Hall–Kier alpha value is -3.54. The molecule has 2 aromatic carbocycles. The van der Waals surface area contributed by atoms with Gasteiger partial charge in [0, 0.05) is 22.3 Å². The maximum atomic E-state index is 15.0. The van der Waals surface area contributed by atoms with Crippen molar-refractivity contribution in [3.8, 4) is 16.8 Å². The van der Waals surface area contributed by atoms with E-state index in [2.05, 4.69) is 20.2 Å². The van der Waals surface area contributed by atoms with Crippen molar-refractivity contribution < 1.29 is 42.0 Å². The van der Waals surface area contributed by atoms with Gasteiger partial charge < -0.3 is 20.1 Å². The Morgan fingerprint density at radius 3 is 2.60 bits per heavy atom. The van der Waals surface area contributed by atoms with Crippen LogP contribution in [0.4, 0.5) is 22.0 Å². The summed E-state index contributed by atoms with van der Waals surface area (Å²) < 4.78 is 79.1. The topological polar surface area (TPSA) is 131 Å². The number of hydrogen-bond acceptors (Lipinski definition) is 9. The minimum Gasteiger partial charge on any atom is -0.394 e. The molecule has 0 aliphatic carbocycles. The van der Waals surface area contributed by atoms with E-state index in [1.54, 1.807) is 0 Å². The van der Waals surface area contributed by atoms with Gasteiger partial charge in [-0.05, 0) is 31.2 Å². The monoisotopic (exact) mass is 642 g/mol. The van der Waals surface area contributed by atoms with E-state index in [4.69, 9.17) is 16.3 Å². The Labute approximate surface area is 247 Å². The predicted molar refractivity (Wildman–Crippen MR) is 143 cm³/mol. The zero-order valence-electron chi connectivity index (χ0n) is 21.7. The third kappa shape index (κ3) is 5.07. The van der Waals surface area contributed by atoms with E-state index in [0.717, 1.165) is 38.9 Å². The van der Waals surface area contributed by atoms with Crippen LogP contribution in [0.1, 0.15) is 29.4 Å². The SMILES string of the molecule is Cc1nc([C@@H]2O[C@H](CO)[C@H](O)[C@H](n3cc(-c4cc5ncsc5c(F)c4F)cn3)[C@H]2O)n(-c2cc(Cl)ccc2C(F)(F)F)n1. The number of thiazole rings is 1. The molecule has 3 aromatic heterocycles. The first-order chi connectivity index (χ1) is 20.4. The lowest BCUT2D eigenvalue weighted by atomic mass is 9.92. The summed E-state index contributed by atoms with van der Waals surface area (Å²) in [5.41, 5.74) is -0.0949. The molecule has 0 saturated carbocycles. The number of ether oxygens (including phenoxy) is 1. The molecule has 1 aliphatic rings. The van der Waals surface area contributed by atoms with Crippen LogP contribution in [0.25, 0.3) is 27.0 Å². The number of alkyl halides is 3. The van der Waals surface area contributed by atoms with Gasteiger partial charge in [0.1, 0.15) is 36.3 Å². The van der Waals surface area contributed by atoms with Gasteiger partial charge in [0.2, 0.25) is 0 Å². The van der Waals surface area contributed by atoms with Crippen molar-refractivity contribution >= 4 is 33.2 Å². The zero-order chi connectivity index (χ0) is 30.8. The van der Waals surface area contributed by atoms with Crippen molar-refractivity contribution in [2.75, 3.05) is 6.61 Å². The molecular formula is C26H20ClF5N6O4S. The molecule has 226 valence electrons. The Morgan fingerprint density at radius 1 is 1.12 bits per heavy atom. The molecule has 5 aromatic rings. The van der Waals surface area contributed by atoms with Gasteiger partial charge in [0.05, 0.1) is 39.8 Å². The van der Waals surface area contributed by atoms with Crippen molar-refractivity contribution in [1.82, 2.24) is 29.5 Å². The molecule has 1 fully saturated rings. The van der Waals surface area contributed by atoms with Gasteiger partial charge >= 0.3 is 6.18 Å². The third-order valence-electron chi connectivity index (χ3n) is 7.10. The van der Waals surface area contributed by atoms with Crippen LogP contribution in [-0.2, 0) is 10.9 Å². The quantitative estimate of drug-likeness (QED) is 0.241. The molecule has 5 atom stereocenters. The first-order valence-corrected chi connectivity index (χ1v) is 13.8. The van der Waals surface area contributed by atoms with Crippen LogP contribution in [-0.4, -0.2) is 69.8 Å². The van der Waals surface area contributed by atoms with Gasteiger partial charge in [-0.2, -0.15) is 23.4 Å². The van der Waals surface area contributed by atoms with Gasteiger partial charge in [-0.25, -0.2) is 23.4 Å². The smallest absolute Gasteiger partial charge is 0.394 e. The molecule has 0 amide bonds. The summed E-state index contributed by atoms with van der Waals surface area (Å²) in [6.07, 6.45) is -8.61. The molecule has 1 aliphatic heterocycles. The first kappa shape index (κ1) is 29.5. The average Bonchev–Trinajstić information content (AvgIpc) is 3.70. The number of aromatic nitrogens is 6. The molecule has 6 rings (SSSR count). The minimum absolute atomic E-state index is 0.0263. The third-order valence-corrected chi connectivity index (χ3v) is 8.17. The molecule has 0 radical (unpaired) electrons. The number of aliphatic hydroxyl groups is 3. The molecule has 10 nitrogen and oxygen atoms in total. The summed E-state index contributed by atoms with van der Waals surface area (Å²) in [6, 6.07) is 2.81. The largest absolute Gasteiger partial charge is 0.418 e. The Kier molecular flexibility index (Phi) is 7.46. The molecule has 3 N–H and O–H groups in total. The number of aryl methyl sites for hydroxylation is 1. The minimum atomic E-state index is -4.81. The number of halogens is 6. The van der Waals surface area contributed by atoms with Crippen LogP contribution in [0.2, 0.25) is 5.02 Å². The van der Waals surface area contributed by atoms with E-state index in [1.807, 2.05) is 0 Å². The fourth-order valence-electron chi connectivity index (χ4n) is 5.13. The van der Waals surface area contributed by atoms with Crippen LogP contribution >= 0.6 is 22.9 Å². The summed E-state index contributed by atoms with van der Waals surface area (Å²) >= 11 is 6.95. The number of rotatable bonds is 5. The van der Waals surface area contributed by atoms with Crippen molar-refractivity contribution in [3.05, 3.63) is 76.0 Å². The summed E-state index contributed by atoms with van der Waals surface area (Å²) in [6.45, 7) is 0.656. The van der Waals surface area contributed by atoms with Gasteiger partial charge in [0.25, 0.3) is 0 Å². The number of nitrogens with zero attached hydrogens (tertiary/aromatic N) is 6. The molecule has 4 heterocycles. The fraction of sp³-hybridized carbons (Fsp3) is 0.308. The van der Waals surface area contributed by atoms with Crippen molar-refractivity contribution in [2.45, 2.75) is 43.6 Å². The van der Waals surface area contributed by atoms with Crippen LogP contribution in [0.15, 0.2) is 42.2 Å². The number of benzene rings is 2. The molecule has 0 spiro atoms. The Balaban J connectivity index is 1.43. The fourth-order valence-corrected chi connectivity index (χ4v) is 5.99. The van der Waals surface area contributed by atoms with Crippen LogP contribution < -0.4 is 0 Å². The summed E-state index contributed by atoms with van der Waals surface area (Å²) in [4.78, 5) is 8.22. The highest BCUT2D eigenvalue weighted by atomic mass is 35.5. The van der Waals surface area contributed by atoms with E-state index in [-0.39, 0.29) is 38.0 Å². The van der Waals surface area contributed by atoms with Crippen molar-refractivity contribution in [3.63, 3.8) is 0 Å². The van der Waals surface area contributed by atoms with E-state index in [0.29, 0.717) is 0 Å². The highest BCUT2D eigenvalue weighted by Crippen LogP contribution is 2.41. The van der Waals surface area contributed by atoms with Crippen molar-refractivity contribution in [2.24, 2.45) is 0 Å². The molecule has 1 saturated heterocycles. The number of hydrogen-bond donors (Lipinski definition) is 3. The van der Waals surface area contributed by atoms with Crippen LogP contribution in [0.3, 0.4) is 0 Å². The Bertz CT molecular complexity index is 1830. The van der Waals surface area contributed by atoms with Gasteiger partial charge in [0.15, 0.2) is 17.5 Å². The summed E-state index contributed by atoms with van der Waals surface area (Å²) in [5.74, 6) is -2.50. The second kappa shape index (κ2) is 10.9. The molecule has 0 bridgehead atoms. The predicted octanol–water partition coefficient (Wildman–Crippen LogP) is 4.39. The van der Waals surface area contributed by atoms with E-state index in [1.165, 1.54) is 30.9 Å². The molecule has 0 unspecified atom stereocenters. The normalized spacial score (nSPS) is 22.9. The van der Waals surface area contributed by atoms with Crippen LogP contribution in [0.5, 0.6) is 0 Å². The lowest BCUT2D eigenvalue weighted by Crippen LogP contribution is -2.53. The van der Waals surface area contributed by atoms with E-state index in [9.17, 15) is 37.3 Å². The highest BCUT2D eigenvalue weighted by Gasteiger charge is 2.48. The Morgan fingerprint density at radius 2 is 1.88 bits per heavy atom. The molecular weight excluding hydrogens is 623 g/mol. The highest BCUT2D eigenvalue weighted by molar-refractivity contribution is 7.16. The maximum absolute atomic E-state index is 15.0. The van der Waals surface area contributed by atoms with Crippen LogP contribution in [0, 0.1) is 18.6 Å². The maximum Gasteiger partial charge on any atom is 0.418 e. The number of fused-ring (bicyclic) bond motifs is 1. The van der Waals surface area contributed by atoms with Crippen molar-refractivity contribution in [1.29, 1.82) is 0 Å². The van der Waals surface area contributed by atoms with Gasteiger partial charge in [-0.3, -0.25) is 4.68 Å². The molecule has 17 heteroatoms. The standard InChI is InChI=1S/C26H20ClF5N6O4S/c1-10-35-25(38(36-10)16-4-12(27)2-3-14(16)26(30,31)32)23-22(41)20(21(40)17(8-39)42-23)37-7-11(6-34-37)13-5-15-24(43-9-33-15)19(29)18(13)28/h2-7,9,17,20-23,39-41H,8H2,1H3/t17-,20+,21+,22-,23-/m1/s1. The average molecular weight is 643 g/mol. The number of aliphatic hydroxyl groups excluding tert-OH is 3. The lowest BCUT2D eigenvalue weighted by Gasteiger charge is -2.42. The van der Waals surface area contributed by atoms with Gasteiger partial charge in [-0.1, -0.05) is 11.6 Å². The zero-order valence-corrected chi connectivity index (χ0v) is 23.3. The summed E-state index contributed by atoms with van der Waals surface area (Å²) in [5, 5.41) is 40.7. The summed E-state index contributed by atoms with van der Waals surface area (Å²) in [7, 11) is 0.